The van der Waals surface area contributed by atoms with E-state index in [4.69, 9.17) is 9.84 Å². The first-order chi connectivity index (χ1) is 9.85. The first kappa shape index (κ1) is 14.6. The van der Waals surface area contributed by atoms with Gasteiger partial charge in [0.2, 0.25) is 0 Å². The molecule has 0 aliphatic carbocycles. The van der Waals surface area contributed by atoms with Crippen LogP contribution in [0.25, 0.3) is 11.3 Å². The summed E-state index contributed by atoms with van der Waals surface area (Å²) in [5.74, 6) is 0. The normalized spacial score (nSPS) is 12.5. The van der Waals surface area contributed by atoms with Gasteiger partial charge in [-0.1, -0.05) is 30.3 Å². The molecule has 20 heavy (non-hydrogen) atoms. The minimum absolute atomic E-state index is 0.102. The average molecular weight is 276 g/mol. The zero-order valence-corrected chi connectivity index (χ0v) is 11.5. The highest BCUT2D eigenvalue weighted by molar-refractivity contribution is 5.60. The summed E-state index contributed by atoms with van der Waals surface area (Å²) in [6.45, 7) is 1.26. The van der Waals surface area contributed by atoms with Crippen LogP contribution >= 0.6 is 0 Å². The molecule has 1 atom stereocenters. The largest absolute Gasteiger partial charge is 0.396 e. The molecule has 0 aliphatic heterocycles. The first-order valence-corrected chi connectivity index (χ1v) is 6.63. The summed E-state index contributed by atoms with van der Waals surface area (Å²) < 4.78 is 5.12. The van der Waals surface area contributed by atoms with Crippen molar-refractivity contribution in [1.29, 1.82) is 0 Å². The Balaban J connectivity index is 2.02. The monoisotopic (exact) mass is 276 g/mol. The van der Waals surface area contributed by atoms with Crippen molar-refractivity contribution >= 4 is 0 Å². The average Bonchev–Trinajstić information content (AvgIpc) is 2.94. The second kappa shape index (κ2) is 7.74. The van der Waals surface area contributed by atoms with Gasteiger partial charge >= 0.3 is 0 Å². The molecule has 0 aliphatic rings. The summed E-state index contributed by atoms with van der Waals surface area (Å²) in [5.41, 5.74) is 2.73. The molecule has 2 aromatic rings. The van der Waals surface area contributed by atoms with Gasteiger partial charge in [0.1, 0.15) is 11.4 Å². The number of methoxy groups -OCH3 is 1. The molecule has 1 unspecified atom stereocenters. The Hall–Kier alpha value is -1.76. The standard InChI is InChI=1S/C14H20N4O2/c1-20-10-12(7-8-19)15-9-13-14(17-18-16-13)11-5-3-2-4-6-11/h2-6,12,15,19H,7-10H2,1H3,(H,16,17,18). The van der Waals surface area contributed by atoms with Gasteiger partial charge in [-0.25, -0.2) is 0 Å². The molecule has 6 heteroatoms. The van der Waals surface area contributed by atoms with E-state index in [1.165, 1.54) is 0 Å². The van der Waals surface area contributed by atoms with Crippen molar-refractivity contribution in [3.63, 3.8) is 0 Å². The molecular formula is C14H20N4O2. The van der Waals surface area contributed by atoms with E-state index in [0.29, 0.717) is 19.6 Å². The van der Waals surface area contributed by atoms with Gasteiger partial charge in [0.25, 0.3) is 0 Å². The number of aliphatic hydroxyl groups excluding tert-OH is 1. The van der Waals surface area contributed by atoms with Crippen LogP contribution in [0.1, 0.15) is 12.1 Å². The van der Waals surface area contributed by atoms with Crippen molar-refractivity contribution in [1.82, 2.24) is 20.7 Å². The Morgan fingerprint density at radius 2 is 2.10 bits per heavy atom. The molecule has 0 spiro atoms. The Morgan fingerprint density at radius 3 is 2.80 bits per heavy atom. The van der Waals surface area contributed by atoms with Gasteiger partial charge in [0.05, 0.1) is 6.61 Å². The van der Waals surface area contributed by atoms with Crippen molar-refractivity contribution in [3.05, 3.63) is 36.0 Å². The van der Waals surface area contributed by atoms with Crippen LogP contribution in [-0.2, 0) is 11.3 Å². The molecule has 3 N–H and O–H groups in total. The molecule has 108 valence electrons. The van der Waals surface area contributed by atoms with E-state index in [2.05, 4.69) is 20.7 Å². The first-order valence-electron chi connectivity index (χ1n) is 6.63. The van der Waals surface area contributed by atoms with Crippen LogP contribution < -0.4 is 5.32 Å². The summed E-state index contributed by atoms with van der Waals surface area (Å²) in [6, 6.07) is 10.0. The minimum Gasteiger partial charge on any atom is -0.396 e. The fraction of sp³-hybridized carbons (Fsp3) is 0.429. The number of nitrogens with zero attached hydrogens (tertiary/aromatic N) is 2. The maximum atomic E-state index is 9.02. The van der Waals surface area contributed by atoms with Gasteiger partial charge in [-0.3, -0.25) is 0 Å². The van der Waals surface area contributed by atoms with Crippen LogP contribution in [0.3, 0.4) is 0 Å². The third kappa shape index (κ3) is 3.86. The molecule has 1 aromatic carbocycles. The van der Waals surface area contributed by atoms with Crippen LogP contribution in [0.15, 0.2) is 30.3 Å². The minimum atomic E-state index is 0.102. The van der Waals surface area contributed by atoms with Crippen molar-refractivity contribution in [2.24, 2.45) is 0 Å². The van der Waals surface area contributed by atoms with E-state index in [1.807, 2.05) is 30.3 Å². The maximum absolute atomic E-state index is 9.02. The van der Waals surface area contributed by atoms with E-state index < -0.39 is 0 Å². The number of hydrogen-bond donors (Lipinski definition) is 3. The van der Waals surface area contributed by atoms with Crippen LogP contribution in [-0.4, -0.2) is 46.9 Å². The van der Waals surface area contributed by atoms with Crippen molar-refractivity contribution < 1.29 is 9.84 Å². The quantitative estimate of drug-likeness (QED) is 0.669. The lowest BCUT2D eigenvalue weighted by Crippen LogP contribution is -2.33. The molecule has 1 aromatic heterocycles. The number of hydrogen-bond acceptors (Lipinski definition) is 5. The molecule has 0 saturated carbocycles. The maximum Gasteiger partial charge on any atom is 0.117 e. The van der Waals surface area contributed by atoms with E-state index in [9.17, 15) is 0 Å². The van der Waals surface area contributed by atoms with Crippen molar-refractivity contribution in [2.45, 2.75) is 19.0 Å². The van der Waals surface area contributed by atoms with E-state index in [-0.39, 0.29) is 12.6 Å². The molecule has 6 nitrogen and oxygen atoms in total. The number of aromatic nitrogens is 3. The Morgan fingerprint density at radius 1 is 1.30 bits per heavy atom. The molecule has 0 bridgehead atoms. The Labute approximate surface area is 118 Å². The summed E-state index contributed by atoms with van der Waals surface area (Å²) in [7, 11) is 1.65. The van der Waals surface area contributed by atoms with Gasteiger partial charge in [-0.2, -0.15) is 15.4 Å². The van der Waals surface area contributed by atoms with E-state index in [0.717, 1.165) is 17.0 Å². The zero-order chi connectivity index (χ0) is 14.2. The number of aliphatic hydroxyl groups is 1. The second-order valence-electron chi connectivity index (χ2n) is 4.53. The fourth-order valence-electron chi connectivity index (χ4n) is 2.05. The number of aromatic amines is 1. The van der Waals surface area contributed by atoms with Crippen LogP contribution in [0.4, 0.5) is 0 Å². The predicted molar refractivity (Wildman–Crippen MR) is 76.0 cm³/mol. The van der Waals surface area contributed by atoms with Gasteiger partial charge in [-0.15, -0.1) is 0 Å². The lowest BCUT2D eigenvalue weighted by atomic mass is 10.1. The lowest BCUT2D eigenvalue weighted by Gasteiger charge is -2.16. The summed E-state index contributed by atoms with van der Waals surface area (Å²) in [4.78, 5) is 0. The third-order valence-electron chi connectivity index (χ3n) is 3.07. The number of nitrogens with one attached hydrogen (secondary N) is 2. The highest BCUT2D eigenvalue weighted by atomic mass is 16.5. The van der Waals surface area contributed by atoms with Crippen LogP contribution in [0, 0.1) is 0 Å². The van der Waals surface area contributed by atoms with Gasteiger partial charge in [0.15, 0.2) is 0 Å². The predicted octanol–water partition coefficient (Wildman–Crippen LogP) is 0.959. The van der Waals surface area contributed by atoms with Crippen molar-refractivity contribution in [3.8, 4) is 11.3 Å². The summed E-state index contributed by atoms with van der Waals surface area (Å²) in [5, 5.41) is 23.4. The fourth-order valence-corrected chi connectivity index (χ4v) is 2.05. The SMILES string of the molecule is COCC(CCO)NCc1n[nH]nc1-c1ccccc1. The molecule has 0 radical (unpaired) electrons. The van der Waals surface area contributed by atoms with Gasteiger partial charge < -0.3 is 15.2 Å². The zero-order valence-electron chi connectivity index (χ0n) is 11.5. The molecule has 0 amide bonds. The lowest BCUT2D eigenvalue weighted by molar-refractivity contribution is 0.148. The molecule has 0 saturated heterocycles. The Kier molecular flexibility index (Phi) is 5.67. The number of rotatable bonds is 8. The van der Waals surface area contributed by atoms with Crippen molar-refractivity contribution in [2.75, 3.05) is 20.3 Å². The van der Waals surface area contributed by atoms with E-state index >= 15 is 0 Å². The molecular weight excluding hydrogens is 256 g/mol. The highest BCUT2D eigenvalue weighted by Gasteiger charge is 2.12. The highest BCUT2D eigenvalue weighted by Crippen LogP contribution is 2.18. The molecule has 0 fully saturated rings. The smallest absolute Gasteiger partial charge is 0.117 e. The van der Waals surface area contributed by atoms with E-state index in [1.54, 1.807) is 7.11 Å². The van der Waals surface area contributed by atoms with Gasteiger partial charge in [0, 0.05) is 31.9 Å². The van der Waals surface area contributed by atoms with Gasteiger partial charge in [-0.05, 0) is 6.42 Å². The Bertz CT molecular complexity index is 495. The number of ether oxygens (including phenoxy) is 1. The third-order valence-corrected chi connectivity index (χ3v) is 3.07. The summed E-state index contributed by atoms with van der Waals surface area (Å²) in [6.07, 6.45) is 0.645. The second-order valence-corrected chi connectivity index (χ2v) is 4.53. The molecule has 1 heterocycles. The number of H-pyrrole nitrogens is 1. The van der Waals surface area contributed by atoms with Crippen LogP contribution in [0.5, 0.6) is 0 Å². The summed E-state index contributed by atoms with van der Waals surface area (Å²) >= 11 is 0. The topological polar surface area (TPSA) is 83.1 Å². The molecule has 2 rings (SSSR count). The number of benzene rings is 1. The van der Waals surface area contributed by atoms with Crippen LogP contribution in [0.2, 0.25) is 0 Å².